The molecule has 0 radical (unpaired) electrons. The maximum atomic E-state index is 15.3. The molecule has 4 aliphatic rings. The number of rotatable bonds is 5. The number of esters is 5. The number of aliphatic hydroxyl groups excluding tert-OH is 1. The molecule has 0 amide bonds. The van der Waals surface area contributed by atoms with Crippen LogP contribution in [0.25, 0.3) is 22.3 Å². The van der Waals surface area contributed by atoms with Crippen molar-refractivity contribution in [1.82, 2.24) is 0 Å². The Balaban J connectivity index is 1.25. The third-order valence-corrected chi connectivity index (χ3v) is 15.0. The standard InChI is InChI=1S/C56H40O32/c57-17-9-18(58)31(48-13(17)5-26(66)47(85-48)11-1-19(59)36(67)20(60)2-11)34-33-35-32(44(75)46(77)45(33)76)30-16(8-25(65)40(71)43(30)74)55(81)88-51(50(34)87-56(35)82)49-27(84-52(78)12-3-21(61)37(68)22(62)4-12)10-83-53(79)14-6-23(63)38(69)41(72)28(14)29-15(54(80)86-49)7-24(64)39(70)42(29)73/h1-4,6-9,26-27,34,47,49-51,57-77H,5,10H2. The predicted molar refractivity (Wildman–Crippen MR) is 278 cm³/mol. The van der Waals surface area contributed by atoms with Crippen LogP contribution in [0.2, 0.25) is 0 Å². The van der Waals surface area contributed by atoms with E-state index in [-0.39, 0.29) is 11.6 Å². The lowest BCUT2D eigenvalue weighted by atomic mass is 9.73. The number of aromatic hydroxyl groups is 20. The van der Waals surface area contributed by atoms with Crippen LogP contribution >= 0.6 is 0 Å². The minimum Gasteiger partial charge on any atom is -0.507 e. The normalized spacial score (nSPS) is 20.3. The van der Waals surface area contributed by atoms with Crippen molar-refractivity contribution in [2.24, 2.45) is 0 Å². The van der Waals surface area contributed by atoms with Gasteiger partial charge in [-0.3, -0.25) is 0 Å². The number of phenolic OH excluding ortho intramolecular Hbond substituents is 20. The zero-order chi connectivity index (χ0) is 63.9. The van der Waals surface area contributed by atoms with Crippen molar-refractivity contribution < 1.29 is 160 Å². The van der Waals surface area contributed by atoms with E-state index in [0.717, 1.165) is 12.1 Å². The summed E-state index contributed by atoms with van der Waals surface area (Å²) in [7, 11) is 0. The number of fused-ring (bicyclic) bond motifs is 8. The number of aliphatic hydroxyl groups is 1. The van der Waals surface area contributed by atoms with Gasteiger partial charge in [0, 0.05) is 57.0 Å². The second kappa shape index (κ2) is 20.2. The molecule has 4 heterocycles. The molecule has 21 N–H and O–H groups in total. The molecular formula is C56H40O32. The van der Waals surface area contributed by atoms with Crippen LogP contribution in [0.1, 0.15) is 86.1 Å². The Morgan fingerprint density at radius 3 is 1.36 bits per heavy atom. The quantitative estimate of drug-likeness (QED) is 0.0669. The van der Waals surface area contributed by atoms with Crippen molar-refractivity contribution in [2.45, 2.75) is 49.0 Å². The number of carbonyl (C=O) groups is 5. The minimum atomic E-state index is -3.04. The topological polar surface area (TPSA) is 566 Å². The first-order valence-electron chi connectivity index (χ1n) is 25.0. The molecule has 0 saturated heterocycles. The van der Waals surface area contributed by atoms with E-state index in [2.05, 4.69) is 0 Å². The molecular weight excluding hydrogens is 1180 g/mol. The van der Waals surface area contributed by atoms with Gasteiger partial charge in [0.2, 0.25) is 23.0 Å². The van der Waals surface area contributed by atoms with Gasteiger partial charge in [-0.2, -0.15) is 0 Å². The number of carbonyl (C=O) groups excluding carboxylic acids is 5. The Morgan fingerprint density at radius 1 is 0.398 bits per heavy atom. The molecule has 7 aromatic rings. The number of phenols is 20. The van der Waals surface area contributed by atoms with Gasteiger partial charge in [-0.05, 0) is 42.5 Å². The van der Waals surface area contributed by atoms with Gasteiger partial charge in [0.25, 0.3) is 0 Å². The van der Waals surface area contributed by atoms with Gasteiger partial charge in [-0.1, -0.05) is 0 Å². The molecule has 32 heteroatoms. The number of hydrogen-bond donors (Lipinski definition) is 21. The fourth-order valence-electron chi connectivity index (χ4n) is 11.0. The highest BCUT2D eigenvalue weighted by molar-refractivity contribution is 6.11. The maximum Gasteiger partial charge on any atom is 0.339 e. The van der Waals surface area contributed by atoms with Crippen LogP contribution in [-0.2, 0) is 30.1 Å². The number of hydrogen-bond acceptors (Lipinski definition) is 32. The Hall–Kier alpha value is -12.4. The van der Waals surface area contributed by atoms with Crippen molar-refractivity contribution in [3.63, 3.8) is 0 Å². The molecule has 7 aromatic carbocycles. The van der Waals surface area contributed by atoms with Crippen molar-refractivity contribution >= 4 is 29.8 Å². The summed E-state index contributed by atoms with van der Waals surface area (Å²) in [5, 5.41) is 233. The summed E-state index contributed by atoms with van der Waals surface area (Å²) in [5.41, 5.74) is -13.9. The molecule has 0 aliphatic carbocycles. The van der Waals surface area contributed by atoms with Crippen LogP contribution in [0.4, 0.5) is 0 Å². The van der Waals surface area contributed by atoms with Crippen molar-refractivity contribution in [1.29, 1.82) is 0 Å². The molecule has 4 aliphatic heterocycles. The van der Waals surface area contributed by atoms with Gasteiger partial charge < -0.3 is 136 Å². The van der Waals surface area contributed by atoms with Crippen molar-refractivity contribution in [3.8, 4) is 143 Å². The van der Waals surface area contributed by atoms with E-state index in [1.165, 1.54) is 0 Å². The van der Waals surface area contributed by atoms with Gasteiger partial charge >= 0.3 is 29.8 Å². The molecule has 456 valence electrons. The minimum absolute atomic E-state index is 0.280. The summed E-state index contributed by atoms with van der Waals surface area (Å²) in [6.07, 6.45) is -16.2. The molecule has 7 unspecified atom stereocenters. The van der Waals surface area contributed by atoms with Gasteiger partial charge in [0.1, 0.15) is 23.9 Å². The van der Waals surface area contributed by atoms with Gasteiger partial charge in [0.05, 0.1) is 39.8 Å². The third kappa shape index (κ3) is 8.60. The van der Waals surface area contributed by atoms with E-state index in [1.807, 2.05) is 0 Å². The lowest BCUT2D eigenvalue weighted by molar-refractivity contribution is -0.135. The summed E-state index contributed by atoms with van der Waals surface area (Å²) < 4.78 is 35.5. The fourth-order valence-corrected chi connectivity index (χ4v) is 11.0. The summed E-state index contributed by atoms with van der Waals surface area (Å²) in [6.45, 7) is -1.65. The van der Waals surface area contributed by atoms with E-state index in [9.17, 15) is 117 Å². The van der Waals surface area contributed by atoms with Crippen LogP contribution in [0.5, 0.6) is 121 Å². The van der Waals surface area contributed by atoms with E-state index in [0.29, 0.717) is 30.3 Å². The van der Waals surface area contributed by atoms with Gasteiger partial charge in [-0.25, -0.2) is 24.0 Å². The van der Waals surface area contributed by atoms with E-state index < -0.39 is 273 Å². The largest absolute Gasteiger partial charge is 0.507 e. The summed E-state index contributed by atoms with van der Waals surface area (Å²) in [6, 6.07) is 4.02. The van der Waals surface area contributed by atoms with Crippen molar-refractivity contribution in [3.05, 3.63) is 98.6 Å². The number of ether oxygens (including phenoxy) is 6. The Bertz CT molecular complexity index is 4250. The smallest absolute Gasteiger partial charge is 0.339 e. The first kappa shape index (κ1) is 57.5. The third-order valence-electron chi connectivity index (χ3n) is 15.0. The van der Waals surface area contributed by atoms with Crippen LogP contribution in [-0.4, -0.2) is 174 Å². The molecule has 0 saturated carbocycles. The fraction of sp³-hybridized carbons (Fsp3) is 0.161. The second-order valence-corrected chi connectivity index (χ2v) is 20.1. The monoisotopic (exact) mass is 1220 g/mol. The second-order valence-electron chi connectivity index (χ2n) is 20.1. The molecule has 7 atom stereocenters. The average molecular weight is 1220 g/mol. The summed E-state index contributed by atoms with van der Waals surface area (Å²) >= 11 is 0. The van der Waals surface area contributed by atoms with E-state index in [1.54, 1.807) is 0 Å². The summed E-state index contributed by atoms with van der Waals surface area (Å²) in [5.74, 6) is -40.2. The highest BCUT2D eigenvalue weighted by Gasteiger charge is 2.57. The highest BCUT2D eigenvalue weighted by atomic mass is 16.6. The lowest BCUT2D eigenvalue weighted by Crippen LogP contribution is -2.56. The van der Waals surface area contributed by atoms with Crippen LogP contribution in [0.3, 0.4) is 0 Å². The van der Waals surface area contributed by atoms with Crippen molar-refractivity contribution in [2.75, 3.05) is 6.61 Å². The Labute approximate surface area is 485 Å². The zero-order valence-corrected chi connectivity index (χ0v) is 43.5. The van der Waals surface area contributed by atoms with Gasteiger partial charge in [-0.15, -0.1) is 0 Å². The SMILES string of the molecule is O=C(OC1COC(=O)c2cc(O)c(O)c(O)c2-c2c(cc(O)c(O)c2O)C(=O)OC1C1OC(=O)c2cc(O)c(O)c(O)c2-c2c(O)c(O)c(O)c3c2C(=O)OC1C3c1c(O)cc(O)c2c1OC(c1cc(O)c(O)c(O)c1)C(O)C2)c1cc(O)c(O)c(O)c1. The zero-order valence-electron chi connectivity index (χ0n) is 43.5. The van der Waals surface area contributed by atoms with Crippen LogP contribution in [0.15, 0.2) is 48.5 Å². The van der Waals surface area contributed by atoms with E-state index in [4.69, 9.17) is 28.4 Å². The molecule has 0 spiro atoms. The van der Waals surface area contributed by atoms with Crippen LogP contribution in [0, 0.1) is 0 Å². The number of benzene rings is 7. The Morgan fingerprint density at radius 2 is 0.841 bits per heavy atom. The van der Waals surface area contributed by atoms with E-state index >= 15 is 14.4 Å². The predicted octanol–water partition coefficient (Wildman–Crippen LogP) is 3.00. The molecule has 32 nitrogen and oxygen atoms in total. The lowest BCUT2D eigenvalue weighted by Gasteiger charge is -2.43. The highest BCUT2D eigenvalue weighted by Crippen LogP contribution is 2.62. The molecule has 0 fully saturated rings. The first-order chi connectivity index (χ1) is 41.4. The maximum absolute atomic E-state index is 15.3. The molecule has 2 bridgehead atoms. The average Bonchev–Trinajstić information content (AvgIpc) is 0.746. The van der Waals surface area contributed by atoms with Crippen LogP contribution < -0.4 is 4.74 Å². The molecule has 0 aromatic heterocycles. The molecule has 88 heavy (non-hydrogen) atoms. The Kier molecular flexibility index (Phi) is 13.2. The molecule has 11 rings (SSSR count). The van der Waals surface area contributed by atoms with Gasteiger partial charge in [0.15, 0.2) is 111 Å². The first-order valence-corrected chi connectivity index (χ1v) is 25.0. The summed E-state index contributed by atoms with van der Waals surface area (Å²) in [4.78, 5) is 74.8. The number of cyclic esters (lactones) is 3.